The maximum absolute atomic E-state index is 5.92. The second-order valence-electron chi connectivity index (χ2n) is 4.13. The summed E-state index contributed by atoms with van der Waals surface area (Å²) in [6, 6.07) is 8.87. The summed E-state index contributed by atoms with van der Waals surface area (Å²) >= 11 is 11.8. The van der Waals surface area contributed by atoms with Crippen LogP contribution in [0.15, 0.2) is 30.3 Å². The van der Waals surface area contributed by atoms with Gasteiger partial charge in [0, 0.05) is 28.4 Å². The van der Waals surface area contributed by atoms with E-state index < -0.39 is 0 Å². The van der Waals surface area contributed by atoms with Gasteiger partial charge < -0.3 is 10.1 Å². The van der Waals surface area contributed by atoms with Crippen molar-refractivity contribution in [3.05, 3.63) is 51.6 Å². The largest absolute Gasteiger partial charge is 0.439 e. The van der Waals surface area contributed by atoms with E-state index in [4.69, 9.17) is 27.9 Å². The SMILES string of the molecule is CNCc1ccc(Oc2cc(Cl)cc(Cl)c2)nc1C. The Morgan fingerprint density at radius 2 is 1.84 bits per heavy atom. The number of pyridine rings is 1. The number of ether oxygens (including phenoxy) is 1. The van der Waals surface area contributed by atoms with Gasteiger partial charge in [-0.1, -0.05) is 29.3 Å². The Balaban J connectivity index is 2.21. The first-order valence-electron chi connectivity index (χ1n) is 5.83. The smallest absolute Gasteiger partial charge is 0.219 e. The number of nitrogens with zero attached hydrogens (tertiary/aromatic N) is 1. The molecule has 0 aliphatic rings. The molecule has 19 heavy (non-hydrogen) atoms. The van der Waals surface area contributed by atoms with Gasteiger partial charge in [0.05, 0.1) is 0 Å². The Labute approximate surface area is 122 Å². The summed E-state index contributed by atoms with van der Waals surface area (Å²) in [7, 11) is 1.90. The van der Waals surface area contributed by atoms with Crippen LogP contribution in [0.5, 0.6) is 11.6 Å². The number of hydrogen-bond acceptors (Lipinski definition) is 3. The molecular weight excluding hydrogens is 283 g/mol. The topological polar surface area (TPSA) is 34.1 Å². The predicted molar refractivity (Wildman–Crippen MR) is 78.3 cm³/mol. The van der Waals surface area contributed by atoms with Crippen molar-refractivity contribution in [1.82, 2.24) is 10.3 Å². The summed E-state index contributed by atoms with van der Waals surface area (Å²) in [6.45, 7) is 2.73. The van der Waals surface area contributed by atoms with Gasteiger partial charge in [-0.2, -0.15) is 0 Å². The van der Waals surface area contributed by atoms with E-state index in [9.17, 15) is 0 Å². The third-order valence-electron chi connectivity index (χ3n) is 2.60. The van der Waals surface area contributed by atoms with Crippen LogP contribution in [-0.4, -0.2) is 12.0 Å². The maximum Gasteiger partial charge on any atom is 0.219 e. The summed E-state index contributed by atoms with van der Waals surface area (Å²) in [4.78, 5) is 4.40. The van der Waals surface area contributed by atoms with Crippen molar-refractivity contribution in [2.45, 2.75) is 13.5 Å². The van der Waals surface area contributed by atoms with Crippen LogP contribution < -0.4 is 10.1 Å². The molecule has 1 aromatic carbocycles. The van der Waals surface area contributed by atoms with E-state index >= 15 is 0 Å². The fraction of sp³-hybridized carbons (Fsp3) is 0.214. The fourth-order valence-electron chi connectivity index (χ4n) is 1.71. The molecule has 0 aliphatic carbocycles. The third-order valence-corrected chi connectivity index (χ3v) is 3.03. The van der Waals surface area contributed by atoms with Crippen molar-refractivity contribution in [2.75, 3.05) is 7.05 Å². The minimum absolute atomic E-state index is 0.524. The second-order valence-corrected chi connectivity index (χ2v) is 5.00. The quantitative estimate of drug-likeness (QED) is 0.918. The Hall–Kier alpha value is -1.29. The standard InChI is InChI=1S/C14H14Cl2N2O/c1-9-10(8-17-2)3-4-14(18-9)19-13-6-11(15)5-12(16)7-13/h3-7,17H,8H2,1-2H3. The van der Waals surface area contributed by atoms with E-state index in [1.807, 2.05) is 26.1 Å². The molecule has 0 spiro atoms. The van der Waals surface area contributed by atoms with Crippen LogP contribution in [0.3, 0.4) is 0 Å². The maximum atomic E-state index is 5.92. The van der Waals surface area contributed by atoms with Gasteiger partial charge >= 0.3 is 0 Å². The summed E-state index contributed by atoms with van der Waals surface area (Å²) in [5.41, 5.74) is 2.07. The summed E-state index contributed by atoms with van der Waals surface area (Å²) in [6.07, 6.45) is 0. The number of nitrogens with one attached hydrogen (secondary N) is 1. The molecular formula is C14H14Cl2N2O. The molecule has 0 saturated heterocycles. The fourth-order valence-corrected chi connectivity index (χ4v) is 2.22. The highest BCUT2D eigenvalue weighted by Crippen LogP contribution is 2.27. The molecule has 0 aliphatic heterocycles. The lowest BCUT2D eigenvalue weighted by Crippen LogP contribution is -2.07. The number of aryl methyl sites for hydroxylation is 1. The zero-order chi connectivity index (χ0) is 13.8. The molecule has 1 aromatic heterocycles. The molecule has 100 valence electrons. The number of hydrogen-bond donors (Lipinski definition) is 1. The first-order chi connectivity index (χ1) is 9.08. The average Bonchev–Trinajstić information content (AvgIpc) is 2.31. The van der Waals surface area contributed by atoms with Crippen molar-refractivity contribution in [2.24, 2.45) is 0 Å². The molecule has 0 atom stereocenters. The van der Waals surface area contributed by atoms with E-state index in [-0.39, 0.29) is 0 Å². The van der Waals surface area contributed by atoms with E-state index in [2.05, 4.69) is 10.3 Å². The van der Waals surface area contributed by atoms with Crippen LogP contribution in [0.25, 0.3) is 0 Å². The molecule has 2 aromatic rings. The van der Waals surface area contributed by atoms with Gasteiger partial charge in [0.1, 0.15) is 5.75 Å². The Morgan fingerprint density at radius 3 is 2.42 bits per heavy atom. The second kappa shape index (κ2) is 6.24. The molecule has 3 nitrogen and oxygen atoms in total. The first-order valence-corrected chi connectivity index (χ1v) is 6.59. The highest BCUT2D eigenvalue weighted by atomic mass is 35.5. The van der Waals surface area contributed by atoms with Crippen molar-refractivity contribution in [3.63, 3.8) is 0 Å². The van der Waals surface area contributed by atoms with Gasteiger partial charge in [-0.05, 0) is 37.7 Å². The lowest BCUT2D eigenvalue weighted by Gasteiger charge is -2.09. The predicted octanol–water partition coefficient (Wildman–Crippen LogP) is 4.21. The summed E-state index contributed by atoms with van der Waals surface area (Å²) in [5, 5.41) is 4.16. The van der Waals surface area contributed by atoms with E-state index in [1.165, 1.54) is 0 Å². The molecule has 0 fully saturated rings. The first kappa shape index (κ1) is 14.1. The molecule has 1 heterocycles. The van der Waals surface area contributed by atoms with E-state index in [0.29, 0.717) is 21.7 Å². The van der Waals surface area contributed by atoms with Gasteiger partial charge in [0.25, 0.3) is 0 Å². The molecule has 0 radical (unpaired) electrons. The van der Waals surface area contributed by atoms with Gasteiger partial charge in [-0.15, -0.1) is 0 Å². The van der Waals surface area contributed by atoms with Crippen molar-refractivity contribution in [3.8, 4) is 11.6 Å². The van der Waals surface area contributed by atoms with Crippen molar-refractivity contribution >= 4 is 23.2 Å². The average molecular weight is 297 g/mol. The van der Waals surface area contributed by atoms with Crippen LogP contribution in [0.4, 0.5) is 0 Å². The van der Waals surface area contributed by atoms with Crippen molar-refractivity contribution < 1.29 is 4.74 Å². The zero-order valence-corrected chi connectivity index (χ0v) is 12.2. The van der Waals surface area contributed by atoms with Gasteiger partial charge in [-0.3, -0.25) is 0 Å². The van der Waals surface area contributed by atoms with Gasteiger partial charge in [0.15, 0.2) is 0 Å². The molecule has 0 saturated carbocycles. The minimum atomic E-state index is 0.524. The molecule has 0 unspecified atom stereocenters. The summed E-state index contributed by atoms with van der Waals surface area (Å²) in [5.74, 6) is 1.10. The third kappa shape index (κ3) is 3.83. The van der Waals surface area contributed by atoms with Crippen molar-refractivity contribution in [1.29, 1.82) is 0 Å². The zero-order valence-electron chi connectivity index (χ0n) is 10.7. The van der Waals surface area contributed by atoms with Gasteiger partial charge in [-0.25, -0.2) is 4.98 Å². The van der Waals surface area contributed by atoms with Crippen LogP contribution in [0, 0.1) is 6.92 Å². The monoisotopic (exact) mass is 296 g/mol. The lowest BCUT2D eigenvalue weighted by molar-refractivity contribution is 0.461. The number of aromatic nitrogens is 1. The van der Waals surface area contributed by atoms with E-state index in [0.717, 1.165) is 17.8 Å². The lowest BCUT2D eigenvalue weighted by atomic mass is 10.2. The number of benzene rings is 1. The Morgan fingerprint density at radius 1 is 1.16 bits per heavy atom. The van der Waals surface area contributed by atoms with Crippen LogP contribution in [0.1, 0.15) is 11.3 Å². The molecule has 1 N–H and O–H groups in total. The molecule has 2 rings (SSSR count). The van der Waals surface area contributed by atoms with Crippen LogP contribution in [0.2, 0.25) is 10.0 Å². The number of rotatable bonds is 4. The number of halogens is 2. The molecule has 5 heteroatoms. The van der Waals surface area contributed by atoms with E-state index in [1.54, 1.807) is 18.2 Å². The van der Waals surface area contributed by atoms with Gasteiger partial charge in [0.2, 0.25) is 5.88 Å². The normalized spacial score (nSPS) is 10.5. The highest BCUT2D eigenvalue weighted by Gasteiger charge is 2.05. The molecule has 0 amide bonds. The van der Waals surface area contributed by atoms with Crippen LogP contribution in [-0.2, 0) is 6.54 Å². The van der Waals surface area contributed by atoms with Crippen LogP contribution >= 0.6 is 23.2 Å². The minimum Gasteiger partial charge on any atom is -0.439 e. The highest BCUT2D eigenvalue weighted by molar-refractivity contribution is 6.34. The Bertz CT molecular complexity index is 567. The Kier molecular flexibility index (Phi) is 4.64. The summed E-state index contributed by atoms with van der Waals surface area (Å²) < 4.78 is 5.65. The molecule has 0 bridgehead atoms.